The number of imidazole rings is 2. The van der Waals surface area contributed by atoms with Crippen molar-refractivity contribution in [3.63, 3.8) is 0 Å². The summed E-state index contributed by atoms with van der Waals surface area (Å²) in [6.45, 7) is 6.99. The monoisotopic (exact) mass is 738 g/mol. The Labute approximate surface area is 245 Å². The number of carbonyl (C=O) groups is 2. The predicted octanol–water partition coefficient (Wildman–Crippen LogP) is 5.72. The van der Waals surface area contributed by atoms with Crippen molar-refractivity contribution in [2.24, 2.45) is 14.1 Å². The zero-order valence-electron chi connectivity index (χ0n) is 16.6. The van der Waals surface area contributed by atoms with Gasteiger partial charge in [0.05, 0.1) is 0 Å². The van der Waals surface area contributed by atoms with Crippen LogP contribution in [-0.2, 0) is 60.4 Å². The Morgan fingerprint density at radius 1 is 1.10 bits per heavy atom. The number of aromatic nitrogens is 4. The Balaban J connectivity index is -0.000000101. The molecular weight excluding hydrogens is 720 g/mol. The number of H-pyrrole nitrogens is 2. The molecule has 2 rings (SSSR count). The molecule has 0 unspecified atom stereocenters. The average Bonchev–Trinajstić information content (AvgIpc) is 3.13. The second-order valence-electron chi connectivity index (χ2n) is 4.06. The van der Waals surface area contributed by atoms with Crippen LogP contribution in [0.5, 0.6) is 0 Å². The van der Waals surface area contributed by atoms with E-state index in [0.29, 0.717) is 15.2 Å². The quantitative estimate of drug-likeness (QED) is 0.157. The zero-order valence-corrected chi connectivity index (χ0v) is 26.3. The van der Waals surface area contributed by atoms with Gasteiger partial charge in [0, 0.05) is 85.0 Å². The van der Waals surface area contributed by atoms with Gasteiger partial charge in [0.25, 0.3) is 5.24 Å². The minimum atomic E-state index is -1.67. The molecule has 2 radical (unpaired) electrons. The van der Waals surface area contributed by atoms with E-state index in [1.807, 2.05) is 11.4 Å². The Morgan fingerprint density at radius 2 is 1.35 bits per heavy atom. The molecule has 2 aromatic rings. The van der Waals surface area contributed by atoms with E-state index in [1.165, 1.54) is 21.5 Å². The van der Waals surface area contributed by atoms with E-state index in [1.54, 1.807) is 21.0 Å². The molecular formula is C14H20Cl3IN4O4S3V2-2. The molecule has 0 saturated carbocycles. The molecule has 31 heavy (non-hydrogen) atoms. The number of nitrogens with one attached hydrogen (secondary N) is 2. The Kier molecular flexibility index (Phi) is 34.7. The number of hydrogen-bond acceptors (Lipinski definition) is 5. The van der Waals surface area contributed by atoms with Gasteiger partial charge in [-0.1, -0.05) is 0 Å². The molecule has 178 valence electrons. The number of halogens is 4. The van der Waals surface area contributed by atoms with Gasteiger partial charge in [0.2, 0.25) is 9.23 Å². The fourth-order valence-corrected chi connectivity index (χ4v) is 1.76. The first kappa shape index (κ1) is 42.1. The minimum absolute atomic E-state index is 0. The third-order valence-electron chi connectivity index (χ3n) is 2.42. The molecule has 0 aromatic carbocycles. The fourth-order valence-electron chi connectivity index (χ4n) is 1.26. The molecule has 0 atom stereocenters. The molecule has 0 aliphatic heterocycles. The number of hydrogen-bond donors (Lipinski definition) is 3. The van der Waals surface area contributed by atoms with Crippen molar-refractivity contribution >= 4 is 100 Å². The van der Waals surface area contributed by atoms with Crippen molar-refractivity contribution in [2.45, 2.75) is 13.8 Å². The second-order valence-corrected chi connectivity index (χ2v) is 8.94. The van der Waals surface area contributed by atoms with Crippen LogP contribution in [0.25, 0.3) is 0 Å². The van der Waals surface area contributed by atoms with Gasteiger partial charge in [-0.2, -0.15) is 13.8 Å². The van der Waals surface area contributed by atoms with Crippen molar-refractivity contribution in [3.05, 3.63) is 44.7 Å². The van der Waals surface area contributed by atoms with E-state index in [0.717, 1.165) is 0 Å². The first-order valence-corrected chi connectivity index (χ1v) is 12.4. The standard InChI is InChI=1S/C5H5ClN2OS.C5H6N2O2S.C2H4I.C2H5.Cl2OS.2V/c1-8-3(4(6)9)2-7-5(8)10;1-7-3(4(8)9)2-6-5(7)10;1-2-3;1-2;1-4(2)3;;/h2H,1H3,(H,7,10);2H,1H3,(H,6,10)(H,8,9);2H,1H3;1H2,2H3;;;/q;;2*-1;;;. The topological polar surface area (TPSA) is 113 Å². The number of nitrogens with zero attached hydrogens (tertiary/aromatic N) is 2. The van der Waals surface area contributed by atoms with Crippen molar-refractivity contribution in [1.82, 2.24) is 19.1 Å². The molecule has 0 bridgehead atoms. The number of rotatable bonds is 2. The summed E-state index contributed by atoms with van der Waals surface area (Å²) in [5.41, 5.74) is 0.552. The molecule has 0 fully saturated rings. The number of aromatic carboxylic acids is 1. The van der Waals surface area contributed by atoms with Crippen molar-refractivity contribution < 1.29 is 56.0 Å². The van der Waals surface area contributed by atoms with Crippen LogP contribution >= 0.6 is 80.0 Å². The normalized spacial score (nSPS) is 8.19. The van der Waals surface area contributed by atoms with E-state index < -0.39 is 20.4 Å². The third kappa shape index (κ3) is 21.2. The molecule has 2 heterocycles. The van der Waals surface area contributed by atoms with Gasteiger partial charge in [-0.25, -0.2) is 9.00 Å². The molecule has 0 amide bonds. The van der Waals surface area contributed by atoms with Gasteiger partial charge < -0.3 is 53.7 Å². The Morgan fingerprint density at radius 3 is 1.45 bits per heavy atom. The number of carboxylic acid groups (broad SMARTS) is 1. The number of aromatic amines is 2. The number of carbonyl (C=O) groups excluding carboxylic acids is 1. The summed E-state index contributed by atoms with van der Waals surface area (Å²) in [6, 6.07) is 0. The summed E-state index contributed by atoms with van der Waals surface area (Å²) in [5, 5.41) is 7.99. The van der Waals surface area contributed by atoms with Crippen molar-refractivity contribution in [3.8, 4) is 0 Å². The molecule has 8 nitrogen and oxygen atoms in total. The summed E-state index contributed by atoms with van der Waals surface area (Å²) in [5.74, 6) is -0.977. The van der Waals surface area contributed by atoms with Crippen LogP contribution in [0.1, 0.15) is 34.8 Å². The van der Waals surface area contributed by atoms with E-state index in [9.17, 15) is 9.59 Å². The van der Waals surface area contributed by atoms with E-state index in [4.69, 9.17) is 45.4 Å². The van der Waals surface area contributed by atoms with E-state index in [-0.39, 0.29) is 42.8 Å². The molecule has 3 N–H and O–H groups in total. The van der Waals surface area contributed by atoms with Gasteiger partial charge in [-0.15, -0.1) is 0 Å². The van der Waals surface area contributed by atoms with Crippen molar-refractivity contribution in [2.75, 3.05) is 0 Å². The maximum Gasteiger partial charge on any atom is 0.354 e. The van der Waals surface area contributed by atoms with Crippen LogP contribution in [0, 0.1) is 20.9 Å². The summed E-state index contributed by atoms with van der Waals surface area (Å²) in [4.78, 5) is 26.2. The summed E-state index contributed by atoms with van der Waals surface area (Å²) in [6.07, 6.45) is 2.85. The smallest absolute Gasteiger partial charge is 0.354 e. The van der Waals surface area contributed by atoms with E-state index >= 15 is 0 Å². The first-order chi connectivity index (χ1) is 13.4. The van der Waals surface area contributed by atoms with Gasteiger partial charge >= 0.3 is 5.97 Å². The van der Waals surface area contributed by atoms with Crippen LogP contribution in [0.15, 0.2) is 12.4 Å². The molecule has 2 aromatic heterocycles. The molecule has 0 spiro atoms. The molecule has 0 aliphatic carbocycles. The maximum absolute atomic E-state index is 10.6. The van der Waals surface area contributed by atoms with Crippen LogP contribution in [-0.4, -0.2) is 39.6 Å². The van der Waals surface area contributed by atoms with E-state index in [2.05, 4.69) is 60.8 Å². The summed E-state index contributed by atoms with van der Waals surface area (Å²) < 4.78 is 14.9. The molecule has 17 heteroatoms. The summed E-state index contributed by atoms with van der Waals surface area (Å²) in [7, 11) is 10.6. The van der Waals surface area contributed by atoms with Crippen LogP contribution < -0.4 is 0 Å². The average molecular weight is 740 g/mol. The number of carboxylic acids is 1. The maximum atomic E-state index is 10.6. The zero-order chi connectivity index (χ0) is 23.7. The largest absolute Gasteiger partial charge is 0.477 e. The summed E-state index contributed by atoms with van der Waals surface area (Å²) >= 11 is 16.9. The third-order valence-corrected chi connectivity index (χ3v) is 3.39. The van der Waals surface area contributed by atoms with Crippen LogP contribution in [0.4, 0.5) is 0 Å². The van der Waals surface area contributed by atoms with Gasteiger partial charge in [0.1, 0.15) is 11.4 Å². The second kappa shape index (κ2) is 25.5. The van der Waals surface area contributed by atoms with Gasteiger partial charge in [-0.05, 0) is 36.0 Å². The van der Waals surface area contributed by atoms with Gasteiger partial charge in [0.15, 0.2) is 9.54 Å². The Hall–Kier alpha value is 0.919. The van der Waals surface area contributed by atoms with Crippen molar-refractivity contribution in [1.29, 1.82) is 0 Å². The van der Waals surface area contributed by atoms with Crippen LogP contribution in [0.2, 0.25) is 0 Å². The Bertz CT molecular complexity index is 823. The first-order valence-electron chi connectivity index (χ1n) is 7.15. The fraction of sp³-hybridized carbons (Fsp3) is 0.286. The van der Waals surface area contributed by atoms with Crippen LogP contribution in [0.3, 0.4) is 0 Å². The minimum Gasteiger partial charge on any atom is -0.477 e. The van der Waals surface area contributed by atoms with Gasteiger partial charge in [-0.3, -0.25) is 9.22 Å². The SMILES string of the molecule is C[CH-]I.Cn1c(C(=O)Cl)c[nH]c1=S.Cn1c(C(=O)O)c[nH]c1=S.O=S(Cl)Cl.[CH2-]C.[V].[V]. The predicted molar refractivity (Wildman–Crippen MR) is 133 cm³/mol. The molecule has 0 saturated heterocycles. The molecule has 0 aliphatic rings.